The molecule has 2 rings (SSSR count). The van der Waals surface area contributed by atoms with Crippen LogP contribution in [0.15, 0.2) is 54.2 Å². The summed E-state index contributed by atoms with van der Waals surface area (Å²) in [5.74, 6) is 0.473. The average Bonchev–Trinajstić information content (AvgIpc) is 2.73. The molecule has 0 aliphatic carbocycles. The molecule has 0 fully saturated rings. The third-order valence-corrected chi connectivity index (χ3v) is 4.86. The molecular weight excluding hydrogens is 521 g/mol. The van der Waals surface area contributed by atoms with Crippen molar-refractivity contribution in [3.8, 4) is 11.5 Å². The highest BCUT2D eigenvalue weighted by Gasteiger charge is 2.11. The van der Waals surface area contributed by atoms with Crippen molar-refractivity contribution in [1.82, 2.24) is 5.43 Å². The van der Waals surface area contributed by atoms with E-state index in [0.717, 1.165) is 9.13 Å². The highest BCUT2D eigenvalue weighted by molar-refractivity contribution is 14.1. The van der Waals surface area contributed by atoms with Gasteiger partial charge in [-0.25, -0.2) is 5.43 Å². The van der Waals surface area contributed by atoms with E-state index in [9.17, 15) is 9.59 Å². The Hall–Kier alpha value is -2.59. The van der Waals surface area contributed by atoms with Gasteiger partial charge < -0.3 is 14.8 Å². The quantitative estimate of drug-likeness (QED) is 0.202. The van der Waals surface area contributed by atoms with Crippen LogP contribution in [-0.2, 0) is 9.59 Å². The smallest absolute Gasteiger partial charge is 0.240 e. The summed E-state index contributed by atoms with van der Waals surface area (Å²) in [5, 5.41) is 7.03. The number of carbonyl (C=O) groups is 2. The zero-order chi connectivity index (χ0) is 21.9. The van der Waals surface area contributed by atoms with Crippen LogP contribution in [-0.4, -0.2) is 31.7 Å². The first-order valence-corrected chi connectivity index (χ1v) is 10.4. The van der Waals surface area contributed by atoms with Gasteiger partial charge in [-0.15, -0.1) is 0 Å². The van der Waals surface area contributed by atoms with Crippen molar-refractivity contribution in [2.24, 2.45) is 5.10 Å². The molecule has 2 amide bonds. The zero-order valence-corrected chi connectivity index (χ0v) is 19.2. The number of nitrogens with zero attached hydrogens (tertiary/aromatic N) is 1. The van der Waals surface area contributed by atoms with Gasteiger partial charge in [-0.05, 0) is 52.4 Å². The lowest BCUT2D eigenvalue weighted by atomic mass is 10.2. The van der Waals surface area contributed by atoms with E-state index in [2.05, 4.69) is 45.0 Å². The molecule has 2 aromatic carbocycles. The van der Waals surface area contributed by atoms with Crippen LogP contribution in [0.25, 0.3) is 0 Å². The monoisotopic (exact) mass is 541 g/mol. The fraction of sp³-hybridized carbons (Fsp3) is 0.190. The lowest BCUT2D eigenvalue weighted by molar-refractivity contribution is -0.124. The van der Waals surface area contributed by atoms with Gasteiger partial charge in [0.05, 0.1) is 27.6 Å². The summed E-state index contributed by atoms with van der Waals surface area (Å²) < 4.78 is 11.8. The minimum atomic E-state index is -0.381. The van der Waals surface area contributed by atoms with E-state index >= 15 is 0 Å². The number of benzene rings is 2. The van der Waals surface area contributed by atoms with Crippen LogP contribution < -0.4 is 20.2 Å². The topological polar surface area (TPSA) is 89.0 Å². The van der Waals surface area contributed by atoms with E-state index in [0.29, 0.717) is 28.8 Å². The Morgan fingerprint density at radius 1 is 1.23 bits per heavy atom. The summed E-state index contributed by atoms with van der Waals surface area (Å²) in [7, 11) is 1.54. The van der Waals surface area contributed by atoms with Crippen LogP contribution in [0.1, 0.15) is 18.4 Å². The van der Waals surface area contributed by atoms with Crippen LogP contribution in [0.5, 0.6) is 11.5 Å². The SMILES string of the molecule is C=CCOc1c(I)cc(C=NNC(=O)CCC(=O)Nc2ccccc2Cl)cc1OC. The van der Waals surface area contributed by atoms with Crippen LogP contribution in [0.2, 0.25) is 5.02 Å². The molecule has 2 N–H and O–H groups in total. The number of methoxy groups -OCH3 is 1. The Labute approximate surface area is 193 Å². The summed E-state index contributed by atoms with van der Waals surface area (Å²) in [4.78, 5) is 23.9. The van der Waals surface area contributed by atoms with Gasteiger partial charge in [0.15, 0.2) is 11.5 Å². The molecule has 0 saturated carbocycles. The first-order valence-electron chi connectivity index (χ1n) is 8.92. The Bertz CT molecular complexity index is 950. The number of halogens is 2. The number of hydrazone groups is 1. The highest BCUT2D eigenvalue weighted by Crippen LogP contribution is 2.33. The van der Waals surface area contributed by atoms with Gasteiger partial charge >= 0.3 is 0 Å². The molecule has 0 saturated heterocycles. The van der Waals surface area contributed by atoms with Crippen LogP contribution in [0.3, 0.4) is 0 Å². The molecular formula is C21H21ClIN3O4. The predicted octanol–water partition coefficient (Wildman–Crippen LogP) is 4.39. The molecule has 30 heavy (non-hydrogen) atoms. The number of rotatable bonds is 10. The maximum Gasteiger partial charge on any atom is 0.240 e. The van der Waals surface area contributed by atoms with E-state index in [-0.39, 0.29) is 24.7 Å². The van der Waals surface area contributed by atoms with Crippen molar-refractivity contribution in [2.45, 2.75) is 12.8 Å². The first kappa shape index (κ1) is 23.7. The molecule has 0 aromatic heterocycles. The molecule has 0 bridgehead atoms. The second kappa shape index (κ2) is 12.2. The van der Waals surface area contributed by atoms with E-state index in [4.69, 9.17) is 21.1 Å². The van der Waals surface area contributed by atoms with Crippen molar-refractivity contribution in [3.05, 3.63) is 63.2 Å². The molecule has 0 aliphatic heterocycles. The summed E-state index contributed by atoms with van der Waals surface area (Å²) in [5.41, 5.74) is 3.63. The van der Waals surface area contributed by atoms with Crippen LogP contribution >= 0.6 is 34.2 Å². The predicted molar refractivity (Wildman–Crippen MR) is 126 cm³/mol. The van der Waals surface area contributed by atoms with Gasteiger partial charge in [0.1, 0.15) is 6.61 Å². The number of amides is 2. The van der Waals surface area contributed by atoms with Gasteiger partial charge in [0, 0.05) is 12.8 Å². The molecule has 7 nitrogen and oxygen atoms in total. The van der Waals surface area contributed by atoms with E-state index in [1.807, 2.05) is 6.07 Å². The lowest BCUT2D eigenvalue weighted by Crippen LogP contribution is -2.20. The van der Waals surface area contributed by atoms with Crippen LogP contribution in [0.4, 0.5) is 5.69 Å². The standard InChI is InChI=1S/C21H21ClIN3O4/c1-3-10-30-21-16(23)11-14(12-18(21)29-2)13-24-26-20(28)9-8-19(27)25-17-7-5-4-6-15(17)22/h3-7,11-13H,1,8-10H2,2H3,(H,25,27)(H,26,28). The normalized spacial score (nSPS) is 10.5. The minimum Gasteiger partial charge on any atom is -0.493 e. The third kappa shape index (κ3) is 7.34. The third-order valence-electron chi connectivity index (χ3n) is 3.73. The summed E-state index contributed by atoms with van der Waals surface area (Å²) in [6.07, 6.45) is 3.13. The molecule has 158 valence electrons. The number of para-hydroxylation sites is 1. The Kier molecular flexibility index (Phi) is 9.62. The second-order valence-corrected chi connectivity index (χ2v) is 7.52. The zero-order valence-electron chi connectivity index (χ0n) is 16.3. The summed E-state index contributed by atoms with van der Waals surface area (Å²) >= 11 is 8.12. The molecule has 0 radical (unpaired) electrons. The number of nitrogens with one attached hydrogen (secondary N) is 2. The molecule has 9 heteroatoms. The average molecular weight is 542 g/mol. The highest BCUT2D eigenvalue weighted by atomic mass is 127. The molecule has 0 aliphatic rings. The van der Waals surface area contributed by atoms with Crippen molar-refractivity contribution >= 4 is 57.9 Å². The van der Waals surface area contributed by atoms with Gasteiger partial charge in [-0.3, -0.25) is 9.59 Å². The van der Waals surface area contributed by atoms with E-state index in [1.165, 1.54) is 6.21 Å². The fourth-order valence-electron chi connectivity index (χ4n) is 2.33. The Morgan fingerprint density at radius 3 is 2.67 bits per heavy atom. The van der Waals surface area contributed by atoms with Crippen LogP contribution in [0, 0.1) is 3.57 Å². The maximum absolute atomic E-state index is 12.0. The number of ether oxygens (including phenoxy) is 2. The molecule has 0 unspecified atom stereocenters. The van der Waals surface area contributed by atoms with Crippen molar-refractivity contribution in [3.63, 3.8) is 0 Å². The minimum absolute atomic E-state index is 0.00758. The summed E-state index contributed by atoms with van der Waals surface area (Å²) in [6.45, 7) is 3.99. The molecule has 0 atom stereocenters. The van der Waals surface area contributed by atoms with E-state index in [1.54, 1.807) is 43.5 Å². The second-order valence-electron chi connectivity index (χ2n) is 5.95. The van der Waals surface area contributed by atoms with Crippen molar-refractivity contribution < 1.29 is 19.1 Å². The summed E-state index contributed by atoms with van der Waals surface area (Å²) in [6, 6.07) is 10.5. The maximum atomic E-state index is 12.0. The van der Waals surface area contributed by atoms with Gasteiger partial charge in [-0.1, -0.05) is 36.4 Å². The van der Waals surface area contributed by atoms with Gasteiger partial charge in [-0.2, -0.15) is 5.10 Å². The number of anilines is 1. The molecule has 0 heterocycles. The fourth-order valence-corrected chi connectivity index (χ4v) is 3.30. The van der Waals surface area contributed by atoms with E-state index < -0.39 is 0 Å². The number of carbonyl (C=O) groups excluding carboxylic acids is 2. The number of hydrogen-bond acceptors (Lipinski definition) is 5. The number of hydrogen-bond donors (Lipinski definition) is 2. The largest absolute Gasteiger partial charge is 0.493 e. The van der Waals surface area contributed by atoms with Crippen molar-refractivity contribution in [1.29, 1.82) is 0 Å². The first-order chi connectivity index (χ1) is 14.4. The van der Waals surface area contributed by atoms with Crippen molar-refractivity contribution in [2.75, 3.05) is 19.0 Å². The lowest BCUT2D eigenvalue weighted by Gasteiger charge is -2.12. The van der Waals surface area contributed by atoms with Gasteiger partial charge in [0.25, 0.3) is 0 Å². The Balaban J connectivity index is 1.86. The molecule has 2 aromatic rings. The van der Waals surface area contributed by atoms with Gasteiger partial charge in [0.2, 0.25) is 11.8 Å². The molecule has 0 spiro atoms. The Morgan fingerprint density at radius 2 is 1.97 bits per heavy atom.